The van der Waals surface area contributed by atoms with E-state index < -0.39 is 5.83 Å². The fourth-order valence-corrected chi connectivity index (χ4v) is 4.90. The van der Waals surface area contributed by atoms with Gasteiger partial charge in [0.2, 0.25) is 0 Å². The van der Waals surface area contributed by atoms with E-state index in [1.165, 1.54) is 7.11 Å². The van der Waals surface area contributed by atoms with Crippen LogP contribution in [0, 0.1) is 0 Å². The molecule has 1 amide bonds. The lowest BCUT2D eigenvalue weighted by molar-refractivity contribution is 0.0713. The van der Waals surface area contributed by atoms with Crippen LogP contribution in [-0.2, 0) is 4.74 Å². The summed E-state index contributed by atoms with van der Waals surface area (Å²) in [7, 11) is 1.50. The van der Waals surface area contributed by atoms with E-state index in [2.05, 4.69) is 27.1 Å². The van der Waals surface area contributed by atoms with Crippen LogP contribution in [0.15, 0.2) is 78.1 Å². The lowest BCUT2D eigenvalue weighted by Crippen LogP contribution is -2.53. The molecule has 2 unspecified atom stereocenters. The number of allylic oxidation sites excluding steroid dienone is 3. The van der Waals surface area contributed by atoms with E-state index in [-0.39, 0.29) is 31.1 Å². The van der Waals surface area contributed by atoms with E-state index in [1.54, 1.807) is 38.4 Å². The number of rotatable bonds is 9. The second kappa shape index (κ2) is 12.1. The Morgan fingerprint density at radius 3 is 2.74 bits per heavy atom. The number of likely N-dealkylation sites (tertiary alicyclic amines) is 1. The number of methoxy groups -OCH3 is 1. The summed E-state index contributed by atoms with van der Waals surface area (Å²) in [6.45, 7) is 7.75. The summed E-state index contributed by atoms with van der Waals surface area (Å²) in [6.07, 6.45) is 6.48. The Labute approximate surface area is 221 Å². The van der Waals surface area contributed by atoms with Gasteiger partial charge in [-0.2, -0.15) is 5.10 Å². The van der Waals surface area contributed by atoms with Crippen LogP contribution in [0.25, 0.3) is 22.2 Å². The highest BCUT2D eigenvalue weighted by Gasteiger charge is 2.31. The first kappa shape index (κ1) is 27.2. The number of ether oxygens (including phenoxy) is 1. The first-order valence-electron chi connectivity index (χ1n) is 12.7. The van der Waals surface area contributed by atoms with E-state index in [0.717, 1.165) is 22.2 Å². The molecule has 3 aromatic rings. The number of fused-ring (bicyclic) bond motifs is 1. The molecule has 0 saturated carbocycles. The van der Waals surface area contributed by atoms with Crippen molar-refractivity contribution in [2.24, 2.45) is 0 Å². The summed E-state index contributed by atoms with van der Waals surface area (Å²) < 4.78 is 20.5. The van der Waals surface area contributed by atoms with Gasteiger partial charge in [0, 0.05) is 59.7 Å². The summed E-state index contributed by atoms with van der Waals surface area (Å²) in [5.74, 6) is -0.205. The molecule has 38 heavy (non-hydrogen) atoms. The van der Waals surface area contributed by atoms with Gasteiger partial charge in [-0.25, -0.2) is 4.39 Å². The Morgan fingerprint density at radius 1 is 1.32 bits per heavy atom. The maximum atomic E-state index is 15.1. The fourth-order valence-electron chi connectivity index (χ4n) is 4.90. The summed E-state index contributed by atoms with van der Waals surface area (Å²) in [6, 6.07) is 8.87. The highest BCUT2D eigenvalue weighted by Crippen LogP contribution is 2.28. The van der Waals surface area contributed by atoms with Crippen LogP contribution < -0.4 is 5.32 Å². The lowest BCUT2D eigenvalue weighted by Gasteiger charge is -2.39. The third-order valence-electron chi connectivity index (χ3n) is 6.92. The molecule has 3 N–H and O–H groups in total. The van der Waals surface area contributed by atoms with E-state index in [9.17, 15) is 9.90 Å². The monoisotopic (exact) mass is 519 g/mol. The number of carbonyl (C=O) groups is 1. The number of aliphatic hydroxyl groups excluding tert-OH is 1. The van der Waals surface area contributed by atoms with E-state index in [1.807, 2.05) is 29.2 Å². The maximum Gasteiger partial charge on any atom is 0.251 e. The van der Waals surface area contributed by atoms with Crippen molar-refractivity contribution in [1.29, 1.82) is 0 Å². The standard InChI is InChI=1S/C29H34FN5O3/c1-5-26(38-4)24(27(30)18(2)3)16-35-15-21(7-8-22(35)17-36)32-29(37)20-6-9-25-23(14-20)28(34-33-25)19-10-12-31-13-11-19/h5-6,9-14,21-22,36H,2,7-8,15-17H2,1,3-4H3,(H,32,37)(H,33,34). The highest BCUT2D eigenvalue weighted by molar-refractivity contribution is 6.01. The number of nitrogens with one attached hydrogen (secondary N) is 2. The molecule has 0 spiro atoms. The van der Waals surface area contributed by atoms with Crippen molar-refractivity contribution in [3.63, 3.8) is 0 Å². The molecule has 2 aromatic heterocycles. The number of aliphatic hydroxyl groups is 1. The predicted octanol–water partition coefficient (Wildman–Crippen LogP) is 4.53. The van der Waals surface area contributed by atoms with Gasteiger partial charge in [0.15, 0.2) is 0 Å². The zero-order valence-corrected chi connectivity index (χ0v) is 22.0. The van der Waals surface area contributed by atoms with Gasteiger partial charge in [-0.05, 0) is 68.7 Å². The Balaban J connectivity index is 1.53. The number of aromatic amines is 1. The third kappa shape index (κ3) is 5.84. The van der Waals surface area contributed by atoms with E-state index in [0.29, 0.717) is 41.9 Å². The van der Waals surface area contributed by atoms with Crippen LogP contribution in [0.4, 0.5) is 4.39 Å². The quantitative estimate of drug-likeness (QED) is 0.284. The number of H-pyrrole nitrogens is 1. The van der Waals surface area contributed by atoms with Crippen molar-refractivity contribution in [2.75, 3.05) is 26.8 Å². The van der Waals surface area contributed by atoms with Crippen molar-refractivity contribution in [1.82, 2.24) is 25.4 Å². The van der Waals surface area contributed by atoms with Gasteiger partial charge in [0.1, 0.15) is 17.3 Å². The van der Waals surface area contributed by atoms with Crippen LogP contribution >= 0.6 is 0 Å². The molecule has 0 bridgehead atoms. The Kier molecular flexibility index (Phi) is 8.70. The molecule has 0 aliphatic carbocycles. The number of halogens is 1. The molecule has 3 heterocycles. The number of hydrogen-bond acceptors (Lipinski definition) is 6. The number of aromatic nitrogens is 3. The minimum absolute atomic E-state index is 0.0598. The Hall–Kier alpha value is -3.82. The second-order valence-corrected chi connectivity index (χ2v) is 9.51. The second-order valence-electron chi connectivity index (χ2n) is 9.51. The van der Waals surface area contributed by atoms with Crippen LogP contribution in [0.5, 0.6) is 0 Å². The first-order valence-corrected chi connectivity index (χ1v) is 12.7. The molecule has 1 aliphatic heterocycles. The average molecular weight is 520 g/mol. The molecule has 1 aliphatic rings. The van der Waals surface area contributed by atoms with E-state index in [4.69, 9.17) is 4.74 Å². The molecule has 1 fully saturated rings. The zero-order chi connectivity index (χ0) is 27.2. The molecule has 9 heteroatoms. The summed E-state index contributed by atoms with van der Waals surface area (Å²) in [5, 5.41) is 21.4. The number of nitrogens with zero attached hydrogens (tertiary/aromatic N) is 3. The van der Waals surface area contributed by atoms with E-state index >= 15 is 4.39 Å². The van der Waals surface area contributed by atoms with Crippen LogP contribution in [-0.4, -0.2) is 70.0 Å². The number of benzene rings is 1. The number of amides is 1. The number of piperidine rings is 1. The van der Waals surface area contributed by atoms with Crippen molar-refractivity contribution >= 4 is 16.8 Å². The molecule has 8 nitrogen and oxygen atoms in total. The molecular weight excluding hydrogens is 485 g/mol. The van der Waals surface area contributed by atoms with Gasteiger partial charge in [-0.15, -0.1) is 0 Å². The fraction of sp³-hybridized carbons (Fsp3) is 0.345. The minimum atomic E-state index is -0.429. The average Bonchev–Trinajstić information content (AvgIpc) is 3.36. The van der Waals surface area contributed by atoms with Crippen molar-refractivity contribution < 1.29 is 19.0 Å². The third-order valence-corrected chi connectivity index (χ3v) is 6.92. The van der Waals surface area contributed by atoms with Crippen LogP contribution in [0.3, 0.4) is 0 Å². The predicted molar refractivity (Wildman–Crippen MR) is 146 cm³/mol. The molecule has 1 saturated heterocycles. The normalized spacial score (nSPS) is 19.2. The summed E-state index contributed by atoms with van der Waals surface area (Å²) in [5.41, 5.74) is 3.70. The van der Waals surface area contributed by atoms with Crippen molar-refractivity contribution in [2.45, 2.75) is 38.8 Å². The van der Waals surface area contributed by atoms with Crippen LogP contribution in [0.1, 0.15) is 37.0 Å². The van der Waals surface area contributed by atoms with Crippen molar-refractivity contribution in [3.05, 3.63) is 83.7 Å². The molecule has 1 aromatic carbocycles. The SMILES string of the molecule is C=C(C)C(F)=C(CN1CC(NC(=O)c2ccc3[nH]nc(-c4ccncc4)c3c2)CCC1CO)C(=CC)OC. The Bertz CT molecular complexity index is 1370. The first-order chi connectivity index (χ1) is 18.4. The molecule has 200 valence electrons. The van der Waals surface area contributed by atoms with Gasteiger partial charge >= 0.3 is 0 Å². The van der Waals surface area contributed by atoms with Crippen LogP contribution in [0.2, 0.25) is 0 Å². The molecule has 2 atom stereocenters. The summed E-state index contributed by atoms with van der Waals surface area (Å²) >= 11 is 0. The zero-order valence-electron chi connectivity index (χ0n) is 22.0. The molecule has 0 radical (unpaired) electrons. The van der Waals surface area contributed by atoms with Gasteiger partial charge in [0.25, 0.3) is 5.91 Å². The molecule has 4 rings (SSSR count). The number of carbonyl (C=O) groups excluding carboxylic acids is 1. The minimum Gasteiger partial charge on any atom is -0.497 e. The summed E-state index contributed by atoms with van der Waals surface area (Å²) in [4.78, 5) is 19.3. The van der Waals surface area contributed by atoms with Gasteiger partial charge in [-0.3, -0.25) is 19.8 Å². The lowest BCUT2D eigenvalue weighted by atomic mass is 9.96. The highest BCUT2D eigenvalue weighted by atomic mass is 19.1. The maximum absolute atomic E-state index is 15.1. The van der Waals surface area contributed by atoms with Crippen molar-refractivity contribution in [3.8, 4) is 11.3 Å². The largest absolute Gasteiger partial charge is 0.497 e. The molecular formula is C29H34FN5O3. The Morgan fingerprint density at radius 2 is 2.08 bits per heavy atom. The van der Waals surface area contributed by atoms with Gasteiger partial charge < -0.3 is 15.2 Å². The van der Waals surface area contributed by atoms with Gasteiger partial charge in [-0.1, -0.05) is 6.58 Å². The smallest absolute Gasteiger partial charge is 0.251 e. The number of pyridine rings is 1. The van der Waals surface area contributed by atoms with Gasteiger partial charge in [0.05, 0.1) is 19.2 Å². The topological polar surface area (TPSA) is 103 Å². The number of hydrogen-bond donors (Lipinski definition) is 3.